The lowest BCUT2D eigenvalue weighted by Gasteiger charge is -2.15. The molecule has 126 valence electrons. The van der Waals surface area contributed by atoms with E-state index in [9.17, 15) is 0 Å². The zero-order valence-electron chi connectivity index (χ0n) is 14.4. The summed E-state index contributed by atoms with van der Waals surface area (Å²) in [7, 11) is 0. The summed E-state index contributed by atoms with van der Waals surface area (Å²) in [5, 5.41) is 4.79. The van der Waals surface area contributed by atoms with Gasteiger partial charge in [0, 0.05) is 28.4 Å². The lowest BCUT2D eigenvalue weighted by molar-refractivity contribution is 0.594. The molecule has 0 saturated heterocycles. The molecular formula is C24H19NO. The second-order valence-electron chi connectivity index (χ2n) is 6.68. The van der Waals surface area contributed by atoms with Crippen LogP contribution in [-0.4, -0.2) is 0 Å². The van der Waals surface area contributed by atoms with Gasteiger partial charge in [0.1, 0.15) is 11.3 Å². The molecule has 1 aromatic heterocycles. The van der Waals surface area contributed by atoms with E-state index in [1.165, 1.54) is 27.8 Å². The van der Waals surface area contributed by atoms with Crippen molar-refractivity contribution in [2.24, 2.45) is 0 Å². The molecule has 0 bridgehead atoms. The van der Waals surface area contributed by atoms with E-state index in [-0.39, 0.29) is 0 Å². The molecule has 0 amide bonds. The zero-order chi connectivity index (χ0) is 17.3. The molecule has 0 fully saturated rings. The maximum absolute atomic E-state index is 6.02. The summed E-state index contributed by atoms with van der Waals surface area (Å²) in [4.78, 5) is 0. The van der Waals surface area contributed by atoms with Gasteiger partial charge in [-0.25, -0.2) is 0 Å². The van der Waals surface area contributed by atoms with Gasteiger partial charge in [0.15, 0.2) is 0 Å². The van der Waals surface area contributed by atoms with E-state index in [2.05, 4.69) is 72.1 Å². The summed E-state index contributed by atoms with van der Waals surface area (Å²) >= 11 is 0. The minimum absolute atomic E-state index is 0.974. The van der Waals surface area contributed by atoms with Crippen LogP contribution in [0.4, 0.5) is 5.69 Å². The fourth-order valence-corrected chi connectivity index (χ4v) is 3.64. The van der Waals surface area contributed by atoms with E-state index < -0.39 is 0 Å². The number of para-hydroxylation sites is 1. The Balaban J connectivity index is 1.40. The molecule has 1 aliphatic rings. The first-order chi connectivity index (χ1) is 12.9. The van der Waals surface area contributed by atoms with Gasteiger partial charge in [-0.3, -0.25) is 0 Å². The Kier molecular flexibility index (Phi) is 3.60. The molecule has 2 heteroatoms. The van der Waals surface area contributed by atoms with Crippen molar-refractivity contribution in [1.29, 1.82) is 0 Å². The molecular weight excluding hydrogens is 318 g/mol. The molecule has 0 spiro atoms. The highest BCUT2D eigenvalue weighted by atomic mass is 16.3. The molecule has 1 heterocycles. The Morgan fingerprint density at radius 1 is 0.692 bits per heavy atom. The highest BCUT2D eigenvalue weighted by Gasteiger charge is 2.17. The minimum atomic E-state index is 0.974. The number of nitrogens with one attached hydrogen (secondary N) is 1. The average molecular weight is 337 g/mol. The summed E-state index contributed by atoms with van der Waals surface area (Å²) in [5.74, 6) is 0.987. The largest absolute Gasteiger partial charge is 0.456 e. The van der Waals surface area contributed by atoms with E-state index in [4.69, 9.17) is 4.42 Å². The van der Waals surface area contributed by atoms with Crippen molar-refractivity contribution in [3.8, 4) is 11.1 Å². The third-order valence-electron chi connectivity index (χ3n) is 4.98. The van der Waals surface area contributed by atoms with Crippen LogP contribution in [0.15, 0.2) is 89.0 Å². The van der Waals surface area contributed by atoms with Crippen molar-refractivity contribution in [3.05, 3.63) is 95.9 Å². The second kappa shape index (κ2) is 6.23. The van der Waals surface area contributed by atoms with Gasteiger partial charge in [-0.05, 0) is 42.2 Å². The number of anilines is 1. The van der Waals surface area contributed by atoms with Crippen LogP contribution < -0.4 is 5.32 Å². The van der Waals surface area contributed by atoms with Crippen molar-refractivity contribution >= 4 is 22.7 Å². The summed E-state index contributed by atoms with van der Waals surface area (Å²) in [6, 6.07) is 27.3. The molecule has 0 unspecified atom stereocenters. The van der Waals surface area contributed by atoms with E-state index in [1.807, 2.05) is 18.2 Å². The van der Waals surface area contributed by atoms with Crippen LogP contribution in [0.3, 0.4) is 0 Å². The first-order valence-corrected chi connectivity index (χ1v) is 9.00. The van der Waals surface area contributed by atoms with Crippen LogP contribution in [-0.2, 0) is 6.42 Å². The van der Waals surface area contributed by atoms with Crippen LogP contribution in [0, 0.1) is 0 Å². The number of fused-ring (bicyclic) bond motifs is 3. The molecule has 1 aliphatic carbocycles. The molecule has 1 N–H and O–H groups in total. The van der Waals surface area contributed by atoms with Gasteiger partial charge in [0.05, 0.1) is 0 Å². The number of rotatable bonds is 3. The number of benzene rings is 3. The standard InChI is InChI=1S/C24H19NO/c1-2-6-17(7-3-1)18-10-12-19(13-11-18)25-20-14-15-22-21-8-4-5-9-23(21)26-24(22)16-20/h1-13,16,25H,14-15H2. The predicted molar refractivity (Wildman–Crippen MR) is 108 cm³/mol. The fraction of sp³-hybridized carbons (Fsp3) is 0.0833. The smallest absolute Gasteiger partial charge is 0.135 e. The molecule has 26 heavy (non-hydrogen) atoms. The quantitative estimate of drug-likeness (QED) is 0.461. The second-order valence-corrected chi connectivity index (χ2v) is 6.68. The number of aryl methyl sites for hydroxylation is 1. The normalized spacial score (nSPS) is 13.3. The topological polar surface area (TPSA) is 25.2 Å². The Morgan fingerprint density at radius 3 is 2.27 bits per heavy atom. The van der Waals surface area contributed by atoms with Gasteiger partial charge in [-0.15, -0.1) is 0 Å². The van der Waals surface area contributed by atoms with Crippen LogP contribution in [0.2, 0.25) is 0 Å². The molecule has 0 radical (unpaired) electrons. The van der Waals surface area contributed by atoms with Gasteiger partial charge < -0.3 is 9.73 Å². The van der Waals surface area contributed by atoms with Crippen LogP contribution in [0.1, 0.15) is 17.7 Å². The Labute approximate surface area is 152 Å². The Morgan fingerprint density at radius 2 is 1.42 bits per heavy atom. The van der Waals surface area contributed by atoms with E-state index >= 15 is 0 Å². The van der Waals surface area contributed by atoms with Crippen molar-refractivity contribution in [2.45, 2.75) is 12.8 Å². The highest BCUT2D eigenvalue weighted by molar-refractivity contribution is 5.86. The zero-order valence-corrected chi connectivity index (χ0v) is 14.4. The van der Waals surface area contributed by atoms with E-state index in [0.29, 0.717) is 0 Å². The monoisotopic (exact) mass is 337 g/mol. The molecule has 3 aromatic carbocycles. The summed E-state index contributed by atoms with van der Waals surface area (Å²) in [6.07, 6.45) is 4.15. The van der Waals surface area contributed by atoms with E-state index in [0.717, 1.165) is 29.9 Å². The van der Waals surface area contributed by atoms with Gasteiger partial charge in [0.2, 0.25) is 0 Å². The fourth-order valence-electron chi connectivity index (χ4n) is 3.64. The summed E-state index contributed by atoms with van der Waals surface area (Å²) in [6.45, 7) is 0. The lowest BCUT2D eigenvalue weighted by Crippen LogP contribution is -2.05. The molecule has 2 nitrogen and oxygen atoms in total. The molecule has 0 aliphatic heterocycles. The van der Waals surface area contributed by atoms with Crippen LogP contribution in [0.5, 0.6) is 0 Å². The summed E-state index contributed by atoms with van der Waals surface area (Å²) in [5.41, 5.74) is 7.07. The number of hydrogen-bond acceptors (Lipinski definition) is 2. The van der Waals surface area contributed by atoms with Crippen molar-refractivity contribution in [1.82, 2.24) is 0 Å². The maximum Gasteiger partial charge on any atom is 0.135 e. The van der Waals surface area contributed by atoms with Gasteiger partial charge >= 0.3 is 0 Å². The highest BCUT2D eigenvalue weighted by Crippen LogP contribution is 2.33. The first kappa shape index (κ1) is 15.0. The van der Waals surface area contributed by atoms with Gasteiger partial charge in [-0.2, -0.15) is 0 Å². The van der Waals surface area contributed by atoms with Crippen LogP contribution >= 0.6 is 0 Å². The van der Waals surface area contributed by atoms with Crippen molar-refractivity contribution in [2.75, 3.05) is 5.32 Å². The molecule has 0 atom stereocenters. The average Bonchev–Trinajstić information content (AvgIpc) is 3.07. The van der Waals surface area contributed by atoms with Crippen LogP contribution in [0.25, 0.3) is 28.2 Å². The van der Waals surface area contributed by atoms with Gasteiger partial charge in [0.25, 0.3) is 0 Å². The third kappa shape index (κ3) is 2.70. The van der Waals surface area contributed by atoms with Gasteiger partial charge in [-0.1, -0.05) is 60.7 Å². The molecule has 0 saturated carbocycles. The molecule has 5 rings (SSSR count). The number of furan rings is 1. The van der Waals surface area contributed by atoms with E-state index in [1.54, 1.807) is 0 Å². The summed E-state index contributed by atoms with van der Waals surface area (Å²) < 4.78 is 6.02. The lowest BCUT2D eigenvalue weighted by atomic mass is 9.98. The maximum atomic E-state index is 6.02. The molecule has 4 aromatic rings. The predicted octanol–water partition coefficient (Wildman–Crippen LogP) is 6.50. The van der Waals surface area contributed by atoms with Crippen molar-refractivity contribution < 1.29 is 4.42 Å². The first-order valence-electron chi connectivity index (χ1n) is 9.00. The number of allylic oxidation sites excluding steroid dienone is 1. The SMILES string of the molecule is C1=C(Nc2ccc(-c3ccccc3)cc2)CCc2c1oc1ccccc21. The minimum Gasteiger partial charge on any atom is -0.456 e. The number of hydrogen-bond donors (Lipinski definition) is 1. The Bertz CT molecular complexity index is 1090. The van der Waals surface area contributed by atoms with Crippen molar-refractivity contribution in [3.63, 3.8) is 0 Å². The Hall–Kier alpha value is -3.26. The third-order valence-corrected chi connectivity index (χ3v) is 4.98.